The topological polar surface area (TPSA) is 30.5 Å². The normalized spacial score (nSPS) is 14.6. The zero-order chi connectivity index (χ0) is 13.5. The fraction of sp³-hybridized carbons (Fsp3) is 0.600. The molecule has 1 saturated carbocycles. The molecular weight excluding hydrogens is 262 g/mol. The maximum Gasteiger partial charge on any atom is 0.189 e. The Kier molecular flexibility index (Phi) is 5.95. The van der Waals surface area contributed by atoms with Crippen molar-refractivity contribution in [1.29, 1.82) is 0 Å². The molecule has 0 spiro atoms. The van der Waals surface area contributed by atoms with Crippen LogP contribution in [0.4, 0.5) is 0 Å². The molecule has 1 fully saturated rings. The molecule has 0 atom stereocenters. The predicted octanol–water partition coefficient (Wildman–Crippen LogP) is 3.60. The van der Waals surface area contributed by atoms with E-state index in [1.165, 1.54) is 12.8 Å². The van der Waals surface area contributed by atoms with E-state index < -0.39 is 0 Å². The molecule has 0 amide bonds. The first-order chi connectivity index (χ1) is 9.31. The van der Waals surface area contributed by atoms with Crippen LogP contribution in [-0.4, -0.2) is 19.9 Å². The van der Waals surface area contributed by atoms with E-state index in [4.69, 9.17) is 21.1 Å². The maximum absolute atomic E-state index is 6.22. The minimum Gasteiger partial charge on any atom is -0.467 e. The van der Waals surface area contributed by atoms with Gasteiger partial charge in [-0.3, -0.25) is 0 Å². The van der Waals surface area contributed by atoms with Gasteiger partial charge in [0.2, 0.25) is 0 Å². The lowest BCUT2D eigenvalue weighted by Crippen LogP contribution is -2.15. The largest absolute Gasteiger partial charge is 0.467 e. The second-order valence-electron chi connectivity index (χ2n) is 4.97. The summed E-state index contributed by atoms with van der Waals surface area (Å²) in [6, 6.07) is 5.74. The van der Waals surface area contributed by atoms with Crippen LogP contribution in [0.25, 0.3) is 0 Å². The van der Waals surface area contributed by atoms with Crippen LogP contribution in [0.3, 0.4) is 0 Å². The average Bonchev–Trinajstić information content (AvgIpc) is 3.22. The SMILES string of the molecule is CCCNCc1c(Cl)cccc1OCOCC1CC1. The van der Waals surface area contributed by atoms with Gasteiger partial charge in [-0.25, -0.2) is 0 Å². The molecule has 0 aromatic heterocycles. The molecule has 0 unspecified atom stereocenters. The molecule has 2 rings (SSSR count). The number of hydrogen-bond acceptors (Lipinski definition) is 3. The minimum absolute atomic E-state index is 0.303. The molecule has 4 heteroatoms. The van der Waals surface area contributed by atoms with E-state index in [0.717, 1.165) is 48.4 Å². The smallest absolute Gasteiger partial charge is 0.189 e. The second-order valence-corrected chi connectivity index (χ2v) is 5.38. The van der Waals surface area contributed by atoms with Crippen LogP contribution in [0, 0.1) is 5.92 Å². The van der Waals surface area contributed by atoms with E-state index >= 15 is 0 Å². The third-order valence-electron chi connectivity index (χ3n) is 3.15. The number of ether oxygens (including phenoxy) is 2. The van der Waals surface area contributed by atoms with E-state index in [-0.39, 0.29) is 0 Å². The first kappa shape index (κ1) is 14.6. The summed E-state index contributed by atoms with van der Waals surface area (Å²) in [5, 5.41) is 4.09. The Hall–Kier alpha value is -0.770. The first-order valence-electron chi connectivity index (χ1n) is 7.00. The van der Waals surface area contributed by atoms with Crippen LogP contribution in [0.1, 0.15) is 31.7 Å². The van der Waals surface area contributed by atoms with Crippen molar-refractivity contribution in [1.82, 2.24) is 5.32 Å². The monoisotopic (exact) mass is 283 g/mol. The highest BCUT2D eigenvalue weighted by molar-refractivity contribution is 6.31. The van der Waals surface area contributed by atoms with Gasteiger partial charge in [-0.1, -0.05) is 24.6 Å². The Morgan fingerprint density at radius 1 is 1.37 bits per heavy atom. The summed E-state index contributed by atoms with van der Waals surface area (Å²) in [4.78, 5) is 0. The Bertz CT molecular complexity index is 394. The highest BCUT2D eigenvalue weighted by Crippen LogP contribution is 2.29. The molecule has 1 aliphatic rings. The van der Waals surface area contributed by atoms with Gasteiger partial charge in [0.1, 0.15) is 5.75 Å². The van der Waals surface area contributed by atoms with Gasteiger partial charge in [-0.2, -0.15) is 0 Å². The molecule has 0 aliphatic heterocycles. The third kappa shape index (κ3) is 5.01. The fourth-order valence-electron chi connectivity index (χ4n) is 1.84. The zero-order valence-corrected chi connectivity index (χ0v) is 12.2. The van der Waals surface area contributed by atoms with Crippen molar-refractivity contribution in [3.8, 4) is 5.75 Å². The summed E-state index contributed by atoms with van der Waals surface area (Å²) in [5.41, 5.74) is 1.01. The number of hydrogen-bond donors (Lipinski definition) is 1. The molecule has 106 valence electrons. The summed E-state index contributed by atoms with van der Waals surface area (Å²) >= 11 is 6.22. The average molecular weight is 284 g/mol. The standard InChI is InChI=1S/C15H22ClNO2/c1-2-8-17-9-13-14(16)4-3-5-15(13)19-11-18-10-12-6-7-12/h3-5,12,17H,2,6-11H2,1H3. The molecule has 1 N–H and O–H groups in total. The second kappa shape index (κ2) is 7.73. The van der Waals surface area contributed by atoms with Gasteiger partial charge in [0.05, 0.1) is 6.61 Å². The van der Waals surface area contributed by atoms with E-state index in [9.17, 15) is 0 Å². The lowest BCUT2D eigenvalue weighted by atomic mass is 10.2. The molecule has 1 aliphatic carbocycles. The summed E-state index contributed by atoms with van der Waals surface area (Å²) in [7, 11) is 0. The molecule has 1 aromatic rings. The number of rotatable bonds is 9. The third-order valence-corrected chi connectivity index (χ3v) is 3.51. The number of halogens is 1. The summed E-state index contributed by atoms with van der Waals surface area (Å²) in [6.45, 7) is 4.96. The number of benzene rings is 1. The van der Waals surface area contributed by atoms with Gasteiger partial charge in [0, 0.05) is 17.1 Å². The first-order valence-corrected chi connectivity index (χ1v) is 7.37. The van der Waals surface area contributed by atoms with Crippen LogP contribution in [0.15, 0.2) is 18.2 Å². The van der Waals surface area contributed by atoms with E-state index in [2.05, 4.69) is 12.2 Å². The molecule has 0 saturated heterocycles. The molecule has 19 heavy (non-hydrogen) atoms. The summed E-state index contributed by atoms with van der Waals surface area (Å²) < 4.78 is 11.2. The Balaban J connectivity index is 1.83. The van der Waals surface area contributed by atoms with Crippen molar-refractivity contribution < 1.29 is 9.47 Å². The van der Waals surface area contributed by atoms with E-state index in [0.29, 0.717) is 6.79 Å². The van der Waals surface area contributed by atoms with Crippen LogP contribution in [0.5, 0.6) is 5.75 Å². The Morgan fingerprint density at radius 2 is 2.21 bits per heavy atom. The van der Waals surface area contributed by atoms with Gasteiger partial charge in [0.15, 0.2) is 6.79 Å². The van der Waals surface area contributed by atoms with E-state index in [1.807, 2.05) is 18.2 Å². The summed E-state index contributed by atoms with van der Waals surface area (Å²) in [5.74, 6) is 1.57. The van der Waals surface area contributed by atoms with Gasteiger partial charge < -0.3 is 14.8 Å². The van der Waals surface area contributed by atoms with Crippen LogP contribution < -0.4 is 10.1 Å². The van der Waals surface area contributed by atoms with Gasteiger partial charge in [-0.15, -0.1) is 0 Å². The zero-order valence-electron chi connectivity index (χ0n) is 11.5. The highest BCUT2D eigenvalue weighted by Gasteiger charge is 2.21. The van der Waals surface area contributed by atoms with Crippen LogP contribution in [0.2, 0.25) is 5.02 Å². The molecule has 0 heterocycles. The molecule has 0 bridgehead atoms. The minimum atomic E-state index is 0.303. The predicted molar refractivity (Wildman–Crippen MR) is 77.6 cm³/mol. The van der Waals surface area contributed by atoms with Crippen LogP contribution >= 0.6 is 11.6 Å². The Labute approximate surface area is 120 Å². The van der Waals surface area contributed by atoms with Crippen molar-refractivity contribution in [2.24, 2.45) is 5.92 Å². The van der Waals surface area contributed by atoms with Crippen molar-refractivity contribution in [2.45, 2.75) is 32.7 Å². The van der Waals surface area contributed by atoms with Crippen LogP contribution in [-0.2, 0) is 11.3 Å². The molecule has 3 nitrogen and oxygen atoms in total. The van der Waals surface area contributed by atoms with E-state index in [1.54, 1.807) is 0 Å². The van der Waals surface area contributed by atoms with Crippen molar-refractivity contribution in [3.63, 3.8) is 0 Å². The van der Waals surface area contributed by atoms with Crippen molar-refractivity contribution in [3.05, 3.63) is 28.8 Å². The number of nitrogens with one attached hydrogen (secondary N) is 1. The van der Waals surface area contributed by atoms with Crippen molar-refractivity contribution in [2.75, 3.05) is 19.9 Å². The van der Waals surface area contributed by atoms with Gasteiger partial charge in [0.25, 0.3) is 0 Å². The quantitative estimate of drug-likeness (QED) is 0.555. The Morgan fingerprint density at radius 3 is 2.95 bits per heavy atom. The van der Waals surface area contributed by atoms with Gasteiger partial charge >= 0.3 is 0 Å². The van der Waals surface area contributed by atoms with Gasteiger partial charge in [-0.05, 0) is 43.9 Å². The lowest BCUT2D eigenvalue weighted by Gasteiger charge is -2.13. The van der Waals surface area contributed by atoms with Crippen molar-refractivity contribution >= 4 is 11.6 Å². The molecule has 0 radical (unpaired) electrons. The highest BCUT2D eigenvalue weighted by atomic mass is 35.5. The molecular formula is C15H22ClNO2. The molecule has 1 aromatic carbocycles. The maximum atomic E-state index is 6.22. The lowest BCUT2D eigenvalue weighted by molar-refractivity contribution is 0.00943. The fourth-order valence-corrected chi connectivity index (χ4v) is 2.07. The summed E-state index contributed by atoms with van der Waals surface area (Å²) in [6.07, 6.45) is 3.69.